The van der Waals surface area contributed by atoms with Crippen LogP contribution < -0.4 is 0 Å². The van der Waals surface area contributed by atoms with Gasteiger partial charge < -0.3 is 0 Å². The largest absolute Gasteiger partial charge is 0.300 e. The Balaban J connectivity index is 2.11. The van der Waals surface area contributed by atoms with Crippen LogP contribution >= 0.6 is 0 Å². The predicted molar refractivity (Wildman–Crippen MR) is 40.5 cm³/mol. The summed E-state index contributed by atoms with van der Waals surface area (Å²) in [6.07, 6.45) is 7.15. The van der Waals surface area contributed by atoms with E-state index in [1.807, 2.05) is 0 Å². The van der Waals surface area contributed by atoms with Crippen molar-refractivity contribution in [3.63, 3.8) is 0 Å². The SMILES string of the molecule is C/C=C\CN1CCCC1. The summed E-state index contributed by atoms with van der Waals surface area (Å²) < 4.78 is 0. The van der Waals surface area contributed by atoms with Crippen LogP contribution in [0.25, 0.3) is 0 Å². The maximum Gasteiger partial charge on any atom is 0.0163 e. The summed E-state index contributed by atoms with van der Waals surface area (Å²) in [5.41, 5.74) is 0. The highest BCUT2D eigenvalue weighted by Crippen LogP contribution is 2.05. The minimum absolute atomic E-state index is 1.16. The third-order valence-corrected chi connectivity index (χ3v) is 1.80. The van der Waals surface area contributed by atoms with E-state index in [2.05, 4.69) is 24.0 Å². The van der Waals surface area contributed by atoms with Gasteiger partial charge in [0, 0.05) is 6.54 Å². The third kappa shape index (κ3) is 2.19. The van der Waals surface area contributed by atoms with Crippen LogP contribution in [0.15, 0.2) is 12.2 Å². The van der Waals surface area contributed by atoms with E-state index in [0.29, 0.717) is 0 Å². The first kappa shape index (κ1) is 6.81. The van der Waals surface area contributed by atoms with Crippen molar-refractivity contribution in [2.24, 2.45) is 0 Å². The van der Waals surface area contributed by atoms with E-state index in [9.17, 15) is 0 Å². The third-order valence-electron chi connectivity index (χ3n) is 1.80. The number of hydrogen-bond acceptors (Lipinski definition) is 1. The van der Waals surface area contributed by atoms with Crippen molar-refractivity contribution in [2.75, 3.05) is 19.6 Å². The maximum atomic E-state index is 2.49. The molecule has 9 heavy (non-hydrogen) atoms. The summed E-state index contributed by atoms with van der Waals surface area (Å²) >= 11 is 0. The van der Waals surface area contributed by atoms with E-state index >= 15 is 0 Å². The zero-order chi connectivity index (χ0) is 6.53. The number of rotatable bonds is 2. The smallest absolute Gasteiger partial charge is 0.0163 e. The molecule has 0 bridgehead atoms. The fourth-order valence-corrected chi connectivity index (χ4v) is 1.22. The molecule has 0 aliphatic carbocycles. The second-order valence-corrected chi connectivity index (χ2v) is 2.58. The van der Waals surface area contributed by atoms with Crippen LogP contribution in [0.3, 0.4) is 0 Å². The van der Waals surface area contributed by atoms with Crippen LogP contribution in [0, 0.1) is 0 Å². The Hall–Kier alpha value is -0.300. The summed E-state index contributed by atoms with van der Waals surface area (Å²) in [5.74, 6) is 0. The first-order valence-electron chi connectivity index (χ1n) is 3.77. The van der Waals surface area contributed by atoms with Gasteiger partial charge in [0.25, 0.3) is 0 Å². The van der Waals surface area contributed by atoms with E-state index < -0.39 is 0 Å². The zero-order valence-corrected chi connectivity index (χ0v) is 6.14. The summed E-state index contributed by atoms with van der Waals surface area (Å²) in [6, 6.07) is 0. The molecule has 0 amide bonds. The van der Waals surface area contributed by atoms with E-state index in [1.165, 1.54) is 25.9 Å². The molecule has 1 aliphatic rings. The van der Waals surface area contributed by atoms with Gasteiger partial charge in [0.15, 0.2) is 0 Å². The average molecular weight is 125 g/mol. The monoisotopic (exact) mass is 125 g/mol. The Bertz CT molecular complexity index is 90.7. The van der Waals surface area contributed by atoms with Gasteiger partial charge in [-0.2, -0.15) is 0 Å². The van der Waals surface area contributed by atoms with Gasteiger partial charge in [0.1, 0.15) is 0 Å². The Kier molecular flexibility index (Phi) is 2.78. The zero-order valence-electron chi connectivity index (χ0n) is 6.14. The molecule has 0 atom stereocenters. The summed E-state index contributed by atoms with van der Waals surface area (Å²) in [7, 11) is 0. The highest BCUT2D eigenvalue weighted by atomic mass is 15.1. The molecule has 1 rings (SSSR count). The van der Waals surface area contributed by atoms with Crippen molar-refractivity contribution in [3.8, 4) is 0 Å². The van der Waals surface area contributed by atoms with Gasteiger partial charge in [0.2, 0.25) is 0 Å². The van der Waals surface area contributed by atoms with Crippen molar-refractivity contribution < 1.29 is 0 Å². The number of nitrogens with zero attached hydrogens (tertiary/aromatic N) is 1. The van der Waals surface area contributed by atoms with Crippen molar-refractivity contribution in [1.29, 1.82) is 0 Å². The molecule has 0 radical (unpaired) electrons. The van der Waals surface area contributed by atoms with E-state index in [-0.39, 0.29) is 0 Å². The molecule has 52 valence electrons. The predicted octanol–water partition coefficient (Wildman–Crippen LogP) is 1.66. The van der Waals surface area contributed by atoms with Gasteiger partial charge in [0.05, 0.1) is 0 Å². The van der Waals surface area contributed by atoms with Crippen molar-refractivity contribution >= 4 is 0 Å². The van der Waals surface area contributed by atoms with Gasteiger partial charge in [-0.15, -0.1) is 0 Å². The van der Waals surface area contributed by atoms with Gasteiger partial charge >= 0.3 is 0 Å². The van der Waals surface area contributed by atoms with Gasteiger partial charge in [-0.3, -0.25) is 4.90 Å². The van der Waals surface area contributed by atoms with Crippen molar-refractivity contribution in [1.82, 2.24) is 4.90 Å². The van der Waals surface area contributed by atoms with E-state index in [0.717, 1.165) is 6.54 Å². The topological polar surface area (TPSA) is 3.24 Å². The molecular weight excluding hydrogens is 110 g/mol. The lowest BCUT2D eigenvalue weighted by atomic mass is 10.4. The van der Waals surface area contributed by atoms with Crippen LogP contribution in [0.4, 0.5) is 0 Å². The van der Waals surface area contributed by atoms with Gasteiger partial charge in [-0.1, -0.05) is 12.2 Å². The van der Waals surface area contributed by atoms with Gasteiger partial charge in [-0.05, 0) is 32.9 Å². The Labute approximate surface area is 57.4 Å². The van der Waals surface area contributed by atoms with Crippen LogP contribution in [-0.2, 0) is 0 Å². The van der Waals surface area contributed by atoms with Crippen LogP contribution in [0.5, 0.6) is 0 Å². The number of likely N-dealkylation sites (tertiary alicyclic amines) is 1. The molecule has 0 spiro atoms. The summed E-state index contributed by atoms with van der Waals surface area (Å²) in [5, 5.41) is 0. The Morgan fingerprint density at radius 3 is 2.56 bits per heavy atom. The van der Waals surface area contributed by atoms with E-state index in [4.69, 9.17) is 0 Å². The van der Waals surface area contributed by atoms with Crippen molar-refractivity contribution in [3.05, 3.63) is 12.2 Å². The summed E-state index contributed by atoms with van der Waals surface area (Å²) in [6.45, 7) is 5.86. The lowest BCUT2D eigenvalue weighted by Gasteiger charge is -2.09. The fraction of sp³-hybridized carbons (Fsp3) is 0.750. The second-order valence-electron chi connectivity index (χ2n) is 2.58. The molecule has 0 saturated carbocycles. The Morgan fingerprint density at radius 1 is 1.33 bits per heavy atom. The maximum absolute atomic E-state index is 2.49. The molecule has 1 aliphatic heterocycles. The first-order valence-corrected chi connectivity index (χ1v) is 3.77. The molecule has 0 aromatic rings. The number of allylic oxidation sites excluding steroid dienone is 1. The summed E-state index contributed by atoms with van der Waals surface area (Å²) in [4.78, 5) is 2.49. The Morgan fingerprint density at radius 2 is 2.00 bits per heavy atom. The first-order chi connectivity index (χ1) is 4.43. The minimum Gasteiger partial charge on any atom is -0.300 e. The molecule has 0 aromatic carbocycles. The lowest BCUT2D eigenvalue weighted by Crippen LogP contribution is -2.18. The second kappa shape index (κ2) is 3.67. The minimum atomic E-state index is 1.16. The fourth-order valence-electron chi connectivity index (χ4n) is 1.22. The van der Waals surface area contributed by atoms with Crippen LogP contribution in [0.2, 0.25) is 0 Å². The molecule has 0 aromatic heterocycles. The van der Waals surface area contributed by atoms with Crippen molar-refractivity contribution in [2.45, 2.75) is 19.8 Å². The highest BCUT2D eigenvalue weighted by molar-refractivity contribution is 4.82. The standard InChI is InChI=1S/C8H15N/c1-2-3-6-9-7-4-5-8-9/h2-3H,4-8H2,1H3/b3-2-. The molecule has 1 fully saturated rings. The average Bonchev–Trinajstić information content (AvgIpc) is 2.34. The molecule has 1 nitrogen and oxygen atoms in total. The normalized spacial score (nSPS) is 21.9. The highest BCUT2D eigenvalue weighted by Gasteiger charge is 2.07. The molecule has 0 N–H and O–H groups in total. The molecular formula is C8H15N. The molecule has 1 heterocycles. The lowest BCUT2D eigenvalue weighted by molar-refractivity contribution is 0.377. The molecule has 1 heteroatoms. The van der Waals surface area contributed by atoms with Crippen LogP contribution in [0.1, 0.15) is 19.8 Å². The van der Waals surface area contributed by atoms with Crippen LogP contribution in [-0.4, -0.2) is 24.5 Å². The quantitative estimate of drug-likeness (QED) is 0.507. The van der Waals surface area contributed by atoms with Gasteiger partial charge in [-0.25, -0.2) is 0 Å². The number of hydrogen-bond donors (Lipinski definition) is 0. The van der Waals surface area contributed by atoms with E-state index in [1.54, 1.807) is 0 Å². The molecule has 0 unspecified atom stereocenters. The molecule has 1 saturated heterocycles.